The summed E-state index contributed by atoms with van der Waals surface area (Å²) in [5.74, 6) is -0.221. The third-order valence-electron chi connectivity index (χ3n) is 4.81. The molecule has 1 saturated heterocycles. The van der Waals surface area contributed by atoms with Crippen LogP contribution in [-0.2, 0) is 16.1 Å². The summed E-state index contributed by atoms with van der Waals surface area (Å²) in [5.41, 5.74) is 1.35. The molecule has 1 atom stereocenters. The van der Waals surface area contributed by atoms with Gasteiger partial charge in [-0.05, 0) is 37.3 Å². The van der Waals surface area contributed by atoms with Crippen LogP contribution in [0.2, 0.25) is 0 Å². The second-order valence-corrected chi connectivity index (χ2v) is 8.17. The lowest BCUT2D eigenvalue weighted by molar-refractivity contribution is -0.123. The number of thiophene rings is 1. The minimum absolute atomic E-state index is 0.0864. The van der Waals surface area contributed by atoms with Crippen molar-refractivity contribution < 1.29 is 14.3 Å². The van der Waals surface area contributed by atoms with Crippen LogP contribution < -0.4 is 5.32 Å². The van der Waals surface area contributed by atoms with Crippen molar-refractivity contribution in [2.24, 2.45) is 0 Å². The highest BCUT2D eigenvalue weighted by Crippen LogP contribution is 2.17. The van der Waals surface area contributed by atoms with Gasteiger partial charge in [0, 0.05) is 22.7 Å². The number of carbonyl (C=O) groups is 2. The molecule has 3 aromatic heterocycles. The van der Waals surface area contributed by atoms with Gasteiger partial charge in [-0.15, -0.1) is 11.3 Å². The summed E-state index contributed by atoms with van der Waals surface area (Å²) in [7, 11) is 0. The van der Waals surface area contributed by atoms with Crippen molar-refractivity contribution in [2.45, 2.75) is 25.9 Å². The Hall–Kier alpha value is -2.71. The van der Waals surface area contributed by atoms with Gasteiger partial charge in [0.15, 0.2) is 0 Å². The monoisotopic (exact) mass is 398 g/mol. The lowest BCUT2D eigenvalue weighted by atomic mass is 10.1. The molecule has 0 radical (unpaired) electrons. The van der Waals surface area contributed by atoms with Gasteiger partial charge in [-0.2, -0.15) is 5.10 Å². The zero-order chi connectivity index (χ0) is 19.5. The minimum Gasteiger partial charge on any atom is -0.377 e. The van der Waals surface area contributed by atoms with Crippen LogP contribution in [0.3, 0.4) is 0 Å². The fourth-order valence-corrected chi connectivity index (χ4v) is 4.23. The Labute approximate surface area is 166 Å². The first kappa shape index (κ1) is 18.6. The average Bonchev–Trinajstić information content (AvgIpc) is 3.34. The number of hydrogen-bond donors (Lipinski definition) is 1. The van der Waals surface area contributed by atoms with Gasteiger partial charge in [-0.25, -0.2) is 4.52 Å². The van der Waals surface area contributed by atoms with Gasteiger partial charge in [0.25, 0.3) is 5.91 Å². The fraction of sp³-hybridized carbons (Fsp3) is 0.350. The van der Waals surface area contributed by atoms with Crippen LogP contribution in [0.15, 0.2) is 42.6 Å². The number of ether oxygens (including phenoxy) is 1. The number of fused-ring (bicyclic) bond motifs is 1. The van der Waals surface area contributed by atoms with Crippen molar-refractivity contribution in [3.8, 4) is 0 Å². The highest BCUT2D eigenvalue weighted by atomic mass is 32.1. The molecule has 1 aliphatic heterocycles. The standard InChI is InChI=1S/C20H22N4O3S/c1-14-5-6-17(28-14)12-21-19(25)11-16-13-27-10-9-23(16)20(26)18-4-2-3-15-7-8-22-24(15)18/h2-8,16H,9-13H2,1H3,(H,21,25)/t16-/m1/s1. The topological polar surface area (TPSA) is 75.9 Å². The predicted octanol–water partition coefficient (Wildman–Crippen LogP) is 2.25. The minimum atomic E-state index is -0.294. The summed E-state index contributed by atoms with van der Waals surface area (Å²) in [6.45, 7) is 3.82. The van der Waals surface area contributed by atoms with E-state index in [1.165, 1.54) is 4.88 Å². The van der Waals surface area contributed by atoms with Crippen LogP contribution in [0, 0.1) is 6.92 Å². The molecular weight excluding hydrogens is 376 g/mol. The summed E-state index contributed by atoms with van der Waals surface area (Å²) < 4.78 is 7.18. The summed E-state index contributed by atoms with van der Waals surface area (Å²) >= 11 is 1.67. The van der Waals surface area contributed by atoms with Crippen LogP contribution in [0.1, 0.15) is 26.7 Å². The van der Waals surface area contributed by atoms with Crippen molar-refractivity contribution in [3.05, 3.63) is 58.0 Å². The number of aryl methyl sites for hydroxylation is 1. The van der Waals surface area contributed by atoms with Crippen LogP contribution >= 0.6 is 11.3 Å². The first-order valence-corrected chi connectivity index (χ1v) is 10.1. The zero-order valence-corrected chi connectivity index (χ0v) is 16.4. The Morgan fingerprint density at radius 3 is 3.00 bits per heavy atom. The number of nitrogens with zero attached hydrogens (tertiary/aromatic N) is 3. The number of nitrogens with one attached hydrogen (secondary N) is 1. The molecule has 0 spiro atoms. The van der Waals surface area contributed by atoms with Gasteiger partial charge >= 0.3 is 0 Å². The van der Waals surface area contributed by atoms with Crippen molar-refractivity contribution >= 4 is 28.7 Å². The Balaban J connectivity index is 1.44. The van der Waals surface area contributed by atoms with E-state index >= 15 is 0 Å². The van der Waals surface area contributed by atoms with Crippen molar-refractivity contribution in [2.75, 3.05) is 19.8 Å². The molecule has 4 rings (SSSR count). The normalized spacial score (nSPS) is 17.0. The second-order valence-electron chi connectivity index (χ2n) is 6.80. The van der Waals surface area contributed by atoms with E-state index in [4.69, 9.17) is 4.74 Å². The van der Waals surface area contributed by atoms with E-state index in [1.807, 2.05) is 37.3 Å². The maximum Gasteiger partial charge on any atom is 0.272 e. The molecule has 0 bridgehead atoms. The lowest BCUT2D eigenvalue weighted by Gasteiger charge is -2.35. The molecule has 4 heterocycles. The molecule has 0 aromatic carbocycles. The third kappa shape index (κ3) is 3.93. The van der Waals surface area contributed by atoms with Crippen LogP contribution in [-0.4, -0.2) is 52.1 Å². The Morgan fingerprint density at radius 2 is 2.18 bits per heavy atom. The molecule has 0 aliphatic carbocycles. The van der Waals surface area contributed by atoms with E-state index in [0.717, 1.165) is 10.4 Å². The van der Waals surface area contributed by atoms with Crippen LogP contribution in [0.4, 0.5) is 0 Å². The first-order chi connectivity index (χ1) is 13.6. The first-order valence-electron chi connectivity index (χ1n) is 9.25. The maximum absolute atomic E-state index is 13.2. The molecular formula is C20H22N4O3S. The van der Waals surface area contributed by atoms with E-state index in [2.05, 4.69) is 10.4 Å². The molecule has 1 fully saturated rings. The number of morpholine rings is 1. The number of carbonyl (C=O) groups excluding carboxylic acids is 2. The van der Waals surface area contributed by atoms with Crippen molar-refractivity contribution in [3.63, 3.8) is 0 Å². The summed E-state index contributed by atoms with van der Waals surface area (Å²) in [6, 6.07) is 11.1. The third-order valence-corrected chi connectivity index (χ3v) is 5.81. The molecule has 0 unspecified atom stereocenters. The Bertz CT molecular complexity index is 996. The van der Waals surface area contributed by atoms with E-state index in [-0.39, 0.29) is 24.3 Å². The highest BCUT2D eigenvalue weighted by molar-refractivity contribution is 7.11. The van der Waals surface area contributed by atoms with Crippen molar-refractivity contribution in [1.29, 1.82) is 0 Å². The van der Waals surface area contributed by atoms with Gasteiger partial charge < -0.3 is 15.0 Å². The molecule has 1 N–H and O–H groups in total. The van der Waals surface area contributed by atoms with E-state index < -0.39 is 0 Å². The smallest absolute Gasteiger partial charge is 0.272 e. The molecule has 2 amide bonds. The van der Waals surface area contributed by atoms with Gasteiger partial charge in [0.2, 0.25) is 5.91 Å². The maximum atomic E-state index is 13.2. The van der Waals surface area contributed by atoms with Crippen LogP contribution in [0.5, 0.6) is 0 Å². The fourth-order valence-electron chi connectivity index (χ4n) is 3.40. The number of hydrogen-bond acceptors (Lipinski definition) is 5. The number of aromatic nitrogens is 2. The molecule has 28 heavy (non-hydrogen) atoms. The highest BCUT2D eigenvalue weighted by Gasteiger charge is 2.31. The van der Waals surface area contributed by atoms with E-state index in [1.54, 1.807) is 33.0 Å². The molecule has 1 aliphatic rings. The number of rotatable bonds is 5. The lowest BCUT2D eigenvalue weighted by Crippen LogP contribution is -2.50. The number of amides is 2. The molecule has 0 saturated carbocycles. The average molecular weight is 398 g/mol. The van der Waals surface area contributed by atoms with Gasteiger partial charge in [0.1, 0.15) is 5.69 Å². The Kier molecular flexibility index (Phi) is 5.40. The van der Waals surface area contributed by atoms with E-state index in [0.29, 0.717) is 32.0 Å². The SMILES string of the molecule is Cc1ccc(CNC(=O)C[C@@H]2COCCN2C(=O)c2cccc3ccnn23)s1. The Morgan fingerprint density at radius 1 is 1.29 bits per heavy atom. The molecule has 3 aromatic rings. The predicted molar refractivity (Wildman–Crippen MR) is 106 cm³/mol. The quantitative estimate of drug-likeness (QED) is 0.715. The summed E-state index contributed by atoms with van der Waals surface area (Å²) in [5, 5.41) is 7.19. The molecule has 8 heteroatoms. The van der Waals surface area contributed by atoms with Gasteiger partial charge in [-0.3, -0.25) is 9.59 Å². The molecule has 7 nitrogen and oxygen atoms in total. The summed E-state index contributed by atoms with van der Waals surface area (Å²) in [6.07, 6.45) is 1.88. The zero-order valence-electron chi connectivity index (χ0n) is 15.6. The largest absolute Gasteiger partial charge is 0.377 e. The van der Waals surface area contributed by atoms with E-state index in [9.17, 15) is 9.59 Å². The second kappa shape index (κ2) is 8.12. The van der Waals surface area contributed by atoms with Crippen LogP contribution in [0.25, 0.3) is 5.52 Å². The summed E-state index contributed by atoms with van der Waals surface area (Å²) in [4.78, 5) is 29.7. The molecule has 146 valence electrons. The van der Waals surface area contributed by atoms with Gasteiger partial charge in [0.05, 0.1) is 37.5 Å². The number of pyridine rings is 1. The van der Waals surface area contributed by atoms with Gasteiger partial charge in [-0.1, -0.05) is 6.07 Å². The van der Waals surface area contributed by atoms with Crippen molar-refractivity contribution in [1.82, 2.24) is 19.8 Å².